The quantitative estimate of drug-likeness (QED) is 0.333. The molecule has 0 fully saturated rings. The molecule has 1 heterocycles. The molecule has 9 nitrogen and oxygen atoms in total. The fraction of sp³-hybridized carbons (Fsp3) is 0.471. The summed E-state index contributed by atoms with van der Waals surface area (Å²) in [7, 11) is 4.03. The van der Waals surface area contributed by atoms with E-state index < -0.39 is 12.1 Å². The maximum absolute atomic E-state index is 14.2. The van der Waals surface area contributed by atoms with Crippen LogP contribution in [0.15, 0.2) is 60.7 Å². The molecule has 0 saturated carbocycles. The second-order valence-corrected chi connectivity index (χ2v) is 11.9. The minimum atomic E-state index is -0.431. The van der Waals surface area contributed by atoms with Crippen molar-refractivity contribution >= 4 is 34.1 Å². The van der Waals surface area contributed by atoms with Crippen molar-refractivity contribution in [3.8, 4) is 5.75 Å². The molecule has 9 heteroatoms. The predicted octanol–water partition coefficient (Wildman–Crippen LogP) is 5.84. The number of nitrogens with zero attached hydrogens (tertiary/aromatic N) is 2. The highest BCUT2D eigenvalue weighted by molar-refractivity contribution is 6.07. The van der Waals surface area contributed by atoms with E-state index in [0.717, 1.165) is 36.6 Å². The number of aliphatic hydroxyl groups excluding tert-OH is 1. The number of ether oxygens (including phenoxy) is 2. The SMILES string of the molecule is C[C@H](CO)N1C[C@H](C)[C@H](CN(C)C)OCCCC[C@H](C)Oc2ccc(NC(=O)Nc3cccc4ccccc34)cc2C1=O. The van der Waals surface area contributed by atoms with E-state index in [1.165, 1.54) is 0 Å². The number of anilines is 2. The molecule has 3 aromatic carbocycles. The minimum Gasteiger partial charge on any atom is -0.490 e. The number of likely N-dealkylation sites (N-methyl/N-ethyl adjacent to an activating group) is 1. The summed E-state index contributed by atoms with van der Waals surface area (Å²) in [5, 5.41) is 17.9. The van der Waals surface area contributed by atoms with Gasteiger partial charge in [-0.05, 0) is 76.9 Å². The van der Waals surface area contributed by atoms with Gasteiger partial charge in [0.2, 0.25) is 0 Å². The van der Waals surface area contributed by atoms with E-state index in [2.05, 4.69) is 22.5 Å². The molecular weight excluding hydrogens is 544 g/mol. The Kier molecular flexibility index (Phi) is 11.4. The highest BCUT2D eigenvalue weighted by atomic mass is 16.5. The monoisotopic (exact) mass is 590 g/mol. The van der Waals surface area contributed by atoms with Crippen LogP contribution in [0, 0.1) is 5.92 Å². The largest absolute Gasteiger partial charge is 0.490 e. The summed E-state index contributed by atoms with van der Waals surface area (Å²) in [4.78, 5) is 31.1. The van der Waals surface area contributed by atoms with Gasteiger partial charge in [-0.25, -0.2) is 4.79 Å². The van der Waals surface area contributed by atoms with Gasteiger partial charge in [0.25, 0.3) is 5.91 Å². The summed E-state index contributed by atoms with van der Waals surface area (Å²) in [5.74, 6) is 0.201. The van der Waals surface area contributed by atoms with Crippen molar-refractivity contribution in [2.24, 2.45) is 5.92 Å². The zero-order valence-corrected chi connectivity index (χ0v) is 26.0. The number of urea groups is 1. The van der Waals surface area contributed by atoms with Crippen molar-refractivity contribution in [1.82, 2.24) is 9.80 Å². The number of hydrogen-bond acceptors (Lipinski definition) is 6. The second kappa shape index (κ2) is 15.2. The lowest BCUT2D eigenvalue weighted by Crippen LogP contribution is -2.47. The maximum atomic E-state index is 14.2. The number of fused-ring (bicyclic) bond motifs is 2. The van der Waals surface area contributed by atoms with E-state index in [9.17, 15) is 14.7 Å². The summed E-state index contributed by atoms with van der Waals surface area (Å²) < 4.78 is 12.6. The molecule has 1 aliphatic rings. The van der Waals surface area contributed by atoms with Crippen LogP contribution in [-0.4, -0.2) is 85.5 Å². The molecule has 3 N–H and O–H groups in total. The lowest BCUT2D eigenvalue weighted by Gasteiger charge is -2.35. The van der Waals surface area contributed by atoms with E-state index in [4.69, 9.17) is 9.47 Å². The zero-order chi connectivity index (χ0) is 30.9. The first-order valence-corrected chi connectivity index (χ1v) is 15.2. The van der Waals surface area contributed by atoms with Crippen molar-refractivity contribution in [2.45, 2.75) is 58.3 Å². The van der Waals surface area contributed by atoms with Gasteiger partial charge >= 0.3 is 6.03 Å². The van der Waals surface area contributed by atoms with Gasteiger partial charge in [-0.15, -0.1) is 0 Å². The van der Waals surface area contributed by atoms with Crippen LogP contribution in [0.1, 0.15) is 50.4 Å². The van der Waals surface area contributed by atoms with Gasteiger partial charge in [0.15, 0.2) is 0 Å². The van der Waals surface area contributed by atoms with Crippen LogP contribution in [0.3, 0.4) is 0 Å². The third-order valence-corrected chi connectivity index (χ3v) is 7.89. The number of carbonyl (C=O) groups excluding carboxylic acids is 2. The first-order chi connectivity index (χ1) is 20.7. The van der Waals surface area contributed by atoms with Crippen molar-refractivity contribution < 1.29 is 24.2 Å². The van der Waals surface area contributed by atoms with Crippen LogP contribution >= 0.6 is 0 Å². The van der Waals surface area contributed by atoms with Crippen LogP contribution in [0.4, 0.5) is 16.2 Å². The zero-order valence-electron chi connectivity index (χ0n) is 26.0. The van der Waals surface area contributed by atoms with Crippen molar-refractivity contribution in [2.75, 3.05) is 51.0 Å². The van der Waals surface area contributed by atoms with Crippen LogP contribution in [0.5, 0.6) is 5.75 Å². The first-order valence-electron chi connectivity index (χ1n) is 15.2. The number of amides is 3. The normalized spacial score (nSPS) is 21.0. The molecule has 1 aliphatic heterocycles. The van der Waals surface area contributed by atoms with Crippen LogP contribution in [0.2, 0.25) is 0 Å². The highest BCUT2D eigenvalue weighted by Gasteiger charge is 2.30. The number of nitrogens with one attached hydrogen (secondary N) is 2. The summed E-state index contributed by atoms with van der Waals surface area (Å²) in [6.45, 7) is 7.49. The Morgan fingerprint density at radius 3 is 2.60 bits per heavy atom. The summed E-state index contributed by atoms with van der Waals surface area (Å²) in [6, 6.07) is 17.9. The average Bonchev–Trinajstić information content (AvgIpc) is 2.98. The van der Waals surface area contributed by atoms with E-state index in [1.807, 2.05) is 70.4 Å². The third-order valence-electron chi connectivity index (χ3n) is 7.89. The number of benzene rings is 3. The molecule has 4 rings (SSSR count). The average molecular weight is 591 g/mol. The van der Waals surface area contributed by atoms with E-state index in [-0.39, 0.29) is 30.6 Å². The van der Waals surface area contributed by atoms with Crippen LogP contribution in [0.25, 0.3) is 10.8 Å². The molecule has 3 amide bonds. The molecule has 232 valence electrons. The molecule has 0 aliphatic carbocycles. The summed E-state index contributed by atoms with van der Waals surface area (Å²) >= 11 is 0. The van der Waals surface area contributed by atoms with Gasteiger partial charge in [-0.2, -0.15) is 0 Å². The molecule has 0 unspecified atom stereocenters. The van der Waals surface area contributed by atoms with Gasteiger partial charge in [-0.3, -0.25) is 4.79 Å². The topological polar surface area (TPSA) is 103 Å². The molecule has 0 bridgehead atoms. The molecule has 4 atom stereocenters. The Morgan fingerprint density at radius 2 is 1.84 bits per heavy atom. The number of carbonyl (C=O) groups is 2. The fourth-order valence-corrected chi connectivity index (χ4v) is 5.44. The molecule has 0 spiro atoms. The molecule has 3 aromatic rings. The molecule has 0 saturated heterocycles. The smallest absolute Gasteiger partial charge is 0.323 e. The van der Waals surface area contributed by atoms with Crippen molar-refractivity contribution in [1.29, 1.82) is 0 Å². The Morgan fingerprint density at radius 1 is 1.07 bits per heavy atom. The van der Waals surface area contributed by atoms with Crippen molar-refractivity contribution in [3.05, 3.63) is 66.2 Å². The lowest BCUT2D eigenvalue weighted by atomic mass is 10.0. The Labute approximate surface area is 255 Å². The maximum Gasteiger partial charge on any atom is 0.323 e. The second-order valence-electron chi connectivity index (χ2n) is 11.9. The Bertz CT molecular complexity index is 1370. The van der Waals surface area contributed by atoms with E-state index in [1.54, 1.807) is 23.1 Å². The van der Waals surface area contributed by atoms with Gasteiger partial charge in [0.1, 0.15) is 5.75 Å². The Hall–Kier alpha value is -3.66. The number of rotatable bonds is 6. The predicted molar refractivity (Wildman–Crippen MR) is 172 cm³/mol. The number of aliphatic hydroxyl groups is 1. The van der Waals surface area contributed by atoms with E-state index >= 15 is 0 Å². The number of hydrogen-bond donors (Lipinski definition) is 3. The van der Waals surface area contributed by atoms with Gasteiger partial charge in [-0.1, -0.05) is 43.3 Å². The first kappa shape index (κ1) is 32.3. The van der Waals surface area contributed by atoms with Crippen molar-refractivity contribution in [3.63, 3.8) is 0 Å². The lowest BCUT2D eigenvalue weighted by molar-refractivity contribution is -0.0137. The van der Waals surface area contributed by atoms with Gasteiger partial charge in [0, 0.05) is 36.7 Å². The summed E-state index contributed by atoms with van der Waals surface area (Å²) in [6.07, 6.45) is 2.48. The highest BCUT2D eigenvalue weighted by Crippen LogP contribution is 2.29. The Balaban J connectivity index is 1.63. The molecule has 0 aromatic heterocycles. The van der Waals surface area contributed by atoms with Gasteiger partial charge in [0.05, 0.1) is 36.1 Å². The van der Waals surface area contributed by atoms with E-state index in [0.29, 0.717) is 35.8 Å². The standard InChI is InChI=1S/C34H46N4O5/c1-23-20-38(24(2)22-39)33(40)29-19-27(35-34(41)36-30-15-10-13-26-12-6-7-14-28(26)30)16-17-31(29)43-25(3)11-8-9-18-42-32(23)21-37(4)5/h6-7,10,12-17,19,23-25,32,39H,8-9,11,18,20-22H2,1-5H3,(H2,35,36,41)/t23-,24+,25-,32-/m0/s1. The fourth-order valence-electron chi connectivity index (χ4n) is 5.44. The minimum absolute atomic E-state index is 0.0133. The summed E-state index contributed by atoms with van der Waals surface area (Å²) in [5.41, 5.74) is 1.48. The van der Waals surface area contributed by atoms with Gasteiger partial charge < -0.3 is 35.0 Å². The molecular formula is C34H46N4O5. The van der Waals surface area contributed by atoms with Crippen LogP contribution in [-0.2, 0) is 4.74 Å². The molecule has 43 heavy (non-hydrogen) atoms. The third kappa shape index (κ3) is 8.69. The van der Waals surface area contributed by atoms with Crippen LogP contribution < -0.4 is 15.4 Å². The molecule has 0 radical (unpaired) electrons.